The highest BCUT2D eigenvalue weighted by molar-refractivity contribution is 6.03. The number of methoxy groups -OCH3 is 1. The van der Waals surface area contributed by atoms with E-state index in [-0.39, 0.29) is 11.6 Å². The fourth-order valence-electron chi connectivity index (χ4n) is 2.38. The van der Waals surface area contributed by atoms with Gasteiger partial charge in [0.15, 0.2) is 0 Å². The van der Waals surface area contributed by atoms with Crippen LogP contribution in [0.5, 0.6) is 5.75 Å². The Morgan fingerprint density at radius 2 is 1.50 bits per heavy atom. The highest BCUT2D eigenvalue weighted by Gasteiger charge is 2.29. The van der Waals surface area contributed by atoms with Crippen LogP contribution in [0.4, 0.5) is 30.2 Å². The molecule has 0 unspecified atom stereocenters. The first-order valence-electron chi connectivity index (χ1n) is 8.21. The van der Waals surface area contributed by atoms with Crippen molar-refractivity contribution in [1.29, 1.82) is 0 Å². The maximum absolute atomic E-state index is 12.6. The van der Waals surface area contributed by atoms with Crippen LogP contribution in [-0.2, 0) is 6.18 Å². The van der Waals surface area contributed by atoms with Crippen LogP contribution in [0.15, 0.2) is 66.9 Å². The van der Waals surface area contributed by atoms with Crippen molar-refractivity contribution >= 4 is 23.0 Å². The Kier molecular flexibility index (Phi) is 5.49. The van der Waals surface area contributed by atoms with Crippen molar-refractivity contribution in [2.24, 2.45) is 0 Å². The summed E-state index contributed by atoms with van der Waals surface area (Å²) in [7, 11) is 1.55. The average molecular weight is 387 g/mol. The third-order valence-electron chi connectivity index (χ3n) is 3.84. The number of anilines is 3. The van der Waals surface area contributed by atoms with Gasteiger partial charge in [-0.05, 0) is 60.7 Å². The standard InChI is InChI=1S/C20H16F3N3O2/c1-28-17-9-6-15(7-10-17)26-19(27)18-11-8-16(12-24-18)25-14-4-2-13(3-5-14)20(21,22)23/h2-12,25H,1H3,(H,26,27). The van der Waals surface area contributed by atoms with E-state index in [1.165, 1.54) is 24.4 Å². The van der Waals surface area contributed by atoms with Gasteiger partial charge in [-0.1, -0.05) is 0 Å². The van der Waals surface area contributed by atoms with Crippen LogP contribution < -0.4 is 15.4 Å². The molecule has 5 nitrogen and oxygen atoms in total. The van der Waals surface area contributed by atoms with E-state index in [9.17, 15) is 18.0 Å². The molecule has 0 aliphatic rings. The molecule has 0 radical (unpaired) electrons. The molecule has 0 aliphatic heterocycles. The number of hydrogen-bond acceptors (Lipinski definition) is 4. The van der Waals surface area contributed by atoms with E-state index in [0.29, 0.717) is 22.8 Å². The molecule has 2 aromatic carbocycles. The van der Waals surface area contributed by atoms with Gasteiger partial charge in [0.25, 0.3) is 5.91 Å². The largest absolute Gasteiger partial charge is 0.497 e. The van der Waals surface area contributed by atoms with Gasteiger partial charge in [0, 0.05) is 11.4 Å². The van der Waals surface area contributed by atoms with Gasteiger partial charge in [-0.2, -0.15) is 13.2 Å². The third kappa shape index (κ3) is 4.79. The van der Waals surface area contributed by atoms with Crippen LogP contribution in [0, 0.1) is 0 Å². The van der Waals surface area contributed by atoms with Gasteiger partial charge in [0.2, 0.25) is 0 Å². The van der Waals surface area contributed by atoms with Crippen LogP contribution in [0.3, 0.4) is 0 Å². The zero-order valence-corrected chi connectivity index (χ0v) is 14.7. The first-order chi connectivity index (χ1) is 13.3. The summed E-state index contributed by atoms with van der Waals surface area (Å²) in [6.45, 7) is 0. The predicted octanol–water partition coefficient (Wildman–Crippen LogP) is 5.10. The lowest BCUT2D eigenvalue weighted by Crippen LogP contribution is -2.13. The molecule has 2 N–H and O–H groups in total. The molecule has 1 aromatic heterocycles. The van der Waals surface area contributed by atoms with Crippen molar-refractivity contribution in [1.82, 2.24) is 4.98 Å². The minimum absolute atomic E-state index is 0.203. The molecule has 0 bridgehead atoms. The van der Waals surface area contributed by atoms with Crippen LogP contribution in [0.2, 0.25) is 0 Å². The van der Waals surface area contributed by atoms with Gasteiger partial charge >= 0.3 is 6.18 Å². The van der Waals surface area contributed by atoms with Crippen LogP contribution in [0.1, 0.15) is 16.1 Å². The molecular weight excluding hydrogens is 371 g/mol. The Labute approximate surface area is 159 Å². The third-order valence-corrected chi connectivity index (χ3v) is 3.84. The summed E-state index contributed by atoms with van der Waals surface area (Å²) in [5.74, 6) is 0.293. The van der Waals surface area contributed by atoms with Crippen molar-refractivity contribution < 1.29 is 22.7 Å². The molecular formula is C20H16F3N3O2. The zero-order chi connectivity index (χ0) is 20.1. The smallest absolute Gasteiger partial charge is 0.416 e. The summed E-state index contributed by atoms with van der Waals surface area (Å²) in [6.07, 6.45) is -2.94. The molecule has 3 aromatic rings. The number of nitrogens with zero attached hydrogens (tertiary/aromatic N) is 1. The number of amides is 1. The number of aromatic nitrogens is 1. The summed E-state index contributed by atoms with van der Waals surface area (Å²) in [4.78, 5) is 16.3. The lowest BCUT2D eigenvalue weighted by atomic mass is 10.2. The van der Waals surface area contributed by atoms with Crippen molar-refractivity contribution in [2.75, 3.05) is 17.7 Å². The van der Waals surface area contributed by atoms with E-state index in [1.54, 1.807) is 37.4 Å². The first-order valence-corrected chi connectivity index (χ1v) is 8.21. The quantitative estimate of drug-likeness (QED) is 0.639. The Morgan fingerprint density at radius 3 is 2.04 bits per heavy atom. The summed E-state index contributed by atoms with van der Waals surface area (Å²) in [6, 6.07) is 14.6. The number of alkyl halides is 3. The molecule has 8 heteroatoms. The minimum Gasteiger partial charge on any atom is -0.497 e. The second kappa shape index (κ2) is 7.99. The molecule has 0 fully saturated rings. The highest BCUT2D eigenvalue weighted by Crippen LogP contribution is 2.30. The molecule has 3 rings (SSSR count). The average Bonchev–Trinajstić information content (AvgIpc) is 2.69. The van der Waals surface area contributed by atoms with Gasteiger partial charge < -0.3 is 15.4 Å². The van der Waals surface area contributed by atoms with E-state index < -0.39 is 11.7 Å². The summed E-state index contributed by atoms with van der Waals surface area (Å²) in [5.41, 5.74) is 1.10. The summed E-state index contributed by atoms with van der Waals surface area (Å²) < 4.78 is 42.8. The second-order valence-electron chi connectivity index (χ2n) is 5.81. The second-order valence-corrected chi connectivity index (χ2v) is 5.81. The van der Waals surface area contributed by atoms with Crippen molar-refractivity contribution in [2.45, 2.75) is 6.18 Å². The Balaban J connectivity index is 1.63. The van der Waals surface area contributed by atoms with E-state index in [0.717, 1.165) is 12.1 Å². The molecule has 0 atom stereocenters. The highest BCUT2D eigenvalue weighted by atomic mass is 19.4. The van der Waals surface area contributed by atoms with Crippen molar-refractivity contribution in [3.8, 4) is 5.75 Å². The number of hydrogen-bond donors (Lipinski definition) is 2. The molecule has 0 saturated carbocycles. The fraction of sp³-hybridized carbons (Fsp3) is 0.100. The van der Waals surface area contributed by atoms with Crippen LogP contribution >= 0.6 is 0 Å². The molecule has 1 amide bonds. The summed E-state index contributed by atoms with van der Waals surface area (Å²) in [5, 5.41) is 5.65. The van der Waals surface area contributed by atoms with Gasteiger partial charge in [0.1, 0.15) is 11.4 Å². The maximum Gasteiger partial charge on any atom is 0.416 e. The number of ether oxygens (including phenoxy) is 1. The van der Waals surface area contributed by atoms with Gasteiger partial charge in [0.05, 0.1) is 24.6 Å². The molecule has 1 heterocycles. The molecule has 0 aliphatic carbocycles. The normalized spacial score (nSPS) is 11.0. The van der Waals surface area contributed by atoms with Crippen LogP contribution in [0.25, 0.3) is 0 Å². The molecule has 0 saturated heterocycles. The molecule has 28 heavy (non-hydrogen) atoms. The van der Waals surface area contributed by atoms with Gasteiger partial charge in [-0.25, -0.2) is 4.98 Å². The predicted molar refractivity (Wildman–Crippen MR) is 99.9 cm³/mol. The van der Waals surface area contributed by atoms with Crippen molar-refractivity contribution in [3.63, 3.8) is 0 Å². The molecule has 144 valence electrons. The van der Waals surface area contributed by atoms with E-state index in [4.69, 9.17) is 4.74 Å². The van der Waals surface area contributed by atoms with E-state index in [1.807, 2.05) is 0 Å². The number of rotatable bonds is 5. The monoisotopic (exact) mass is 387 g/mol. The van der Waals surface area contributed by atoms with E-state index >= 15 is 0 Å². The number of pyridine rings is 1. The maximum atomic E-state index is 12.6. The van der Waals surface area contributed by atoms with Gasteiger partial charge in [-0.15, -0.1) is 0 Å². The summed E-state index contributed by atoms with van der Waals surface area (Å²) >= 11 is 0. The lowest BCUT2D eigenvalue weighted by Gasteiger charge is -2.10. The first kappa shape index (κ1) is 19.2. The van der Waals surface area contributed by atoms with Gasteiger partial charge in [-0.3, -0.25) is 4.79 Å². The Morgan fingerprint density at radius 1 is 0.893 bits per heavy atom. The molecule has 0 spiro atoms. The Hall–Kier alpha value is -3.55. The number of carbonyl (C=O) groups excluding carboxylic acids is 1. The zero-order valence-electron chi connectivity index (χ0n) is 14.7. The lowest BCUT2D eigenvalue weighted by molar-refractivity contribution is -0.137. The topological polar surface area (TPSA) is 63.2 Å². The number of benzene rings is 2. The fourth-order valence-corrected chi connectivity index (χ4v) is 2.38. The number of nitrogens with one attached hydrogen (secondary N) is 2. The number of halogens is 3. The minimum atomic E-state index is -4.38. The number of carbonyl (C=O) groups is 1. The van der Waals surface area contributed by atoms with E-state index in [2.05, 4.69) is 15.6 Å². The van der Waals surface area contributed by atoms with Crippen molar-refractivity contribution in [3.05, 3.63) is 78.1 Å². The SMILES string of the molecule is COc1ccc(NC(=O)c2ccc(Nc3ccc(C(F)(F)F)cc3)cn2)cc1. The Bertz CT molecular complexity index is 938. The van der Waals surface area contributed by atoms with Crippen LogP contribution in [-0.4, -0.2) is 18.0 Å².